The molecule has 6 nitrogen and oxygen atoms in total. The minimum Gasteiger partial charge on any atom is -0.338 e. The number of hydrogen-bond acceptors (Lipinski definition) is 3. The zero-order valence-corrected chi connectivity index (χ0v) is 12.6. The Morgan fingerprint density at radius 1 is 1.35 bits per heavy atom. The van der Waals surface area contributed by atoms with E-state index in [0.29, 0.717) is 6.54 Å². The second-order valence-corrected chi connectivity index (χ2v) is 5.30. The fourth-order valence-corrected chi connectivity index (χ4v) is 1.85. The molecule has 2 rings (SSSR count). The number of amides is 2. The molecule has 0 spiro atoms. The molecule has 0 aliphatic heterocycles. The first-order valence-electron chi connectivity index (χ1n) is 6.88. The first kappa shape index (κ1) is 16.8. The van der Waals surface area contributed by atoms with E-state index in [4.69, 9.17) is 0 Å². The molecule has 124 valence electrons. The van der Waals surface area contributed by atoms with Crippen molar-refractivity contribution in [2.45, 2.75) is 20.0 Å². The van der Waals surface area contributed by atoms with E-state index in [1.807, 2.05) is 13.8 Å². The van der Waals surface area contributed by atoms with Gasteiger partial charge in [0.1, 0.15) is 12.7 Å². The van der Waals surface area contributed by atoms with Crippen molar-refractivity contribution in [3.8, 4) is 5.69 Å². The van der Waals surface area contributed by atoms with E-state index >= 15 is 0 Å². The fraction of sp³-hybridized carbons (Fsp3) is 0.357. The van der Waals surface area contributed by atoms with Gasteiger partial charge in [0.15, 0.2) is 0 Å². The van der Waals surface area contributed by atoms with Crippen LogP contribution in [0.2, 0.25) is 0 Å². The maximum absolute atomic E-state index is 13.2. The second kappa shape index (κ2) is 6.67. The number of nitrogens with one attached hydrogen (secondary N) is 2. The number of anilines is 1. The zero-order valence-electron chi connectivity index (χ0n) is 12.6. The van der Waals surface area contributed by atoms with Crippen molar-refractivity contribution in [3.05, 3.63) is 36.4 Å². The molecule has 9 heteroatoms. The number of halogens is 3. The van der Waals surface area contributed by atoms with E-state index in [0.717, 1.165) is 17.1 Å². The molecule has 0 aliphatic rings. The van der Waals surface area contributed by atoms with Crippen LogP contribution in [0.5, 0.6) is 0 Å². The number of aromatic nitrogens is 3. The molecule has 2 N–H and O–H groups in total. The average Bonchev–Trinajstić information content (AvgIpc) is 2.98. The van der Waals surface area contributed by atoms with E-state index in [-0.39, 0.29) is 17.3 Å². The summed E-state index contributed by atoms with van der Waals surface area (Å²) in [5, 5.41) is 8.66. The third-order valence-electron chi connectivity index (χ3n) is 2.90. The molecule has 1 aromatic carbocycles. The molecule has 0 saturated heterocycles. The molecule has 0 saturated carbocycles. The third kappa shape index (κ3) is 4.44. The van der Waals surface area contributed by atoms with Gasteiger partial charge in [0.05, 0.1) is 11.3 Å². The van der Waals surface area contributed by atoms with Crippen LogP contribution in [0.4, 0.5) is 23.7 Å². The lowest BCUT2D eigenvalue weighted by Gasteiger charge is -2.15. The molecule has 1 aromatic heterocycles. The molecule has 0 atom stereocenters. The van der Waals surface area contributed by atoms with Crippen molar-refractivity contribution in [2.24, 2.45) is 5.92 Å². The Kier molecular flexibility index (Phi) is 4.87. The number of hydrogen-bond donors (Lipinski definition) is 2. The van der Waals surface area contributed by atoms with Gasteiger partial charge in [0, 0.05) is 12.2 Å². The van der Waals surface area contributed by atoms with Crippen LogP contribution in [-0.2, 0) is 6.18 Å². The van der Waals surface area contributed by atoms with Crippen molar-refractivity contribution in [3.63, 3.8) is 0 Å². The fourth-order valence-electron chi connectivity index (χ4n) is 1.85. The molecule has 0 unspecified atom stereocenters. The summed E-state index contributed by atoms with van der Waals surface area (Å²) in [4.78, 5) is 15.3. The summed E-state index contributed by atoms with van der Waals surface area (Å²) in [6.07, 6.45) is -2.27. The molecule has 0 bridgehead atoms. The Balaban J connectivity index is 2.25. The van der Waals surface area contributed by atoms with Crippen LogP contribution < -0.4 is 10.6 Å². The van der Waals surface area contributed by atoms with Gasteiger partial charge in [-0.25, -0.2) is 14.5 Å². The van der Waals surface area contributed by atoms with Crippen molar-refractivity contribution in [2.75, 3.05) is 11.9 Å². The molecule has 0 aliphatic carbocycles. The van der Waals surface area contributed by atoms with E-state index in [9.17, 15) is 18.0 Å². The van der Waals surface area contributed by atoms with Crippen LogP contribution in [0.25, 0.3) is 5.69 Å². The van der Waals surface area contributed by atoms with Gasteiger partial charge in [-0.05, 0) is 24.1 Å². The number of urea groups is 1. The minimum atomic E-state index is -4.59. The summed E-state index contributed by atoms with van der Waals surface area (Å²) in [7, 11) is 0. The number of rotatable bonds is 4. The molecule has 2 aromatic rings. The topological polar surface area (TPSA) is 71.8 Å². The third-order valence-corrected chi connectivity index (χ3v) is 2.90. The van der Waals surface area contributed by atoms with E-state index < -0.39 is 17.8 Å². The summed E-state index contributed by atoms with van der Waals surface area (Å²) < 4.78 is 40.7. The highest BCUT2D eigenvalue weighted by Crippen LogP contribution is 2.35. The monoisotopic (exact) mass is 327 g/mol. The van der Waals surface area contributed by atoms with Gasteiger partial charge in [0.2, 0.25) is 0 Å². The molecule has 2 amide bonds. The first-order valence-corrected chi connectivity index (χ1v) is 6.88. The highest BCUT2D eigenvalue weighted by atomic mass is 19.4. The number of carbonyl (C=O) groups is 1. The summed E-state index contributed by atoms with van der Waals surface area (Å²) in [5.74, 6) is 0.237. The number of nitrogens with zero attached hydrogens (tertiary/aromatic N) is 3. The molecule has 0 radical (unpaired) electrons. The van der Waals surface area contributed by atoms with Crippen LogP contribution in [0.15, 0.2) is 30.9 Å². The molecule has 23 heavy (non-hydrogen) atoms. The van der Waals surface area contributed by atoms with Gasteiger partial charge in [0.25, 0.3) is 0 Å². The van der Waals surface area contributed by atoms with Gasteiger partial charge in [-0.1, -0.05) is 13.8 Å². The van der Waals surface area contributed by atoms with Crippen LogP contribution in [0, 0.1) is 5.92 Å². The average molecular weight is 327 g/mol. The SMILES string of the molecule is CC(C)CNC(=O)Nc1ccc(-n2cncn2)c(C(F)(F)F)c1. The molecule has 1 heterocycles. The zero-order chi connectivity index (χ0) is 17.0. The Morgan fingerprint density at radius 2 is 2.09 bits per heavy atom. The smallest absolute Gasteiger partial charge is 0.338 e. The van der Waals surface area contributed by atoms with E-state index in [1.54, 1.807) is 0 Å². The van der Waals surface area contributed by atoms with Gasteiger partial charge < -0.3 is 10.6 Å². The lowest BCUT2D eigenvalue weighted by atomic mass is 10.1. The van der Waals surface area contributed by atoms with E-state index in [1.165, 1.54) is 18.5 Å². The Morgan fingerprint density at radius 3 is 2.65 bits per heavy atom. The number of alkyl halides is 3. The van der Waals surface area contributed by atoms with Gasteiger partial charge >= 0.3 is 12.2 Å². The first-order chi connectivity index (χ1) is 10.8. The lowest BCUT2D eigenvalue weighted by molar-refractivity contribution is -0.137. The van der Waals surface area contributed by atoms with Crippen molar-refractivity contribution < 1.29 is 18.0 Å². The highest BCUT2D eigenvalue weighted by molar-refractivity contribution is 5.89. The Hall–Kier alpha value is -2.58. The molecule has 0 fully saturated rings. The summed E-state index contributed by atoms with van der Waals surface area (Å²) in [6, 6.07) is 2.92. The van der Waals surface area contributed by atoms with Crippen molar-refractivity contribution in [1.29, 1.82) is 0 Å². The van der Waals surface area contributed by atoms with Crippen LogP contribution in [-0.4, -0.2) is 27.3 Å². The predicted molar refractivity (Wildman–Crippen MR) is 78.2 cm³/mol. The maximum Gasteiger partial charge on any atom is 0.418 e. The van der Waals surface area contributed by atoms with Crippen molar-refractivity contribution in [1.82, 2.24) is 20.1 Å². The second-order valence-electron chi connectivity index (χ2n) is 5.30. The van der Waals surface area contributed by atoms with Crippen LogP contribution in [0.1, 0.15) is 19.4 Å². The normalized spacial score (nSPS) is 11.6. The summed E-state index contributed by atoms with van der Waals surface area (Å²) in [5.41, 5.74) is -1.03. The number of benzene rings is 1. The van der Waals surface area contributed by atoms with Gasteiger partial charge in [-0.15, -0.1) is 0 Å². The molecular formula is C14H16F3N5O. The molecular weight excluding hydrogens is 311 g/mol. The van der Waals surface area contributed by atoms with Crippen molar-refractivity contribution >= 4 is 11.7 Å². The minimum absolute atomic E-state index is 0.0439. The maximum atomic E-state index is 13.2. The largest absolute Gasteiger partial charge is 0.418 e. The Labute approximate surface area is 130 Å². The lowest BCUT2D eigenvalue weighted by Crippen LogP contribution is -2.31. The summed E-state index contributed by atoms with van der Waals surface area (Å²) >= 11 is 0. The quantitative estimate of drug-likeness (QED) is 0.906. The van der Waals surface area contributed by atoms with E-state index in [2.05, 4.69) is 20.7 Å². The Bertz CT molecular complexity index is 668. The number of carbonyl (C=O) groups excluding carboxylic acids is 1. The standard InChI is InChI=1S/C14H16F3N5O/c1-9(2)6-19-13(23)21-10-3-4-12(22-8-18-7-20-22)11(5-10)14(15,16)17/h3-5,7-9H,6H2,1-2H3,(H2,19,21,23). The van der Waals surface area contributed by atoms with Gasteiger partial charge in [-0.2, -0.15) is 18.3 Å². The predicted octanol–water partition coefficient (Wildman–Crippen LogP) is 3.06. The van der Waals surface area contributed by atoms with Crippen LogP contribution in [0.3, 0.4) is 0 Å². The van der Waals surface area contributed by atoms with Crippen LogP contribution >= 0.6 is 0 Å². The highest BCUT2D eigenvalue weighted by Gasteiger charge is 2.34. The summed E-state index contributed by atoms with van der Waals surface area (Å²) in [6.45, 7) is 4.25. The van der Waals surface area contributed by atoms with Gasteiger partial charge in [-0.3, -0.25) is 0 Å².